The van der Waals surface area contributed by atoms with Gasteiger partial charge in [-0.15, -0.1) is 0 Å². The van der Waals surface area contributed by atoms with E-state index in [1.165, 1.54) is 18.2 Å². The lowest BCUT2D eigenvalue weighted by molar-refractivity contribution is -0.137. The predicted molar refractivity (Wildman–Crippen MR) is 115 cm³/mol. The molecule has 2 aliphatic heterocycles. The average Bonchev–Trinajstić information content (AvgIpc) is 2.77. The van der Waals surface area contributed by atoms with Gasteiger partial charge in [-0.25, -0.2) is 4.98 Å². The topological polar surface area (TPSA) is 62.3 Å². The van der Waals surface area contributed by atoms with E-state index in [1.54, 1.807) is 17.2 Å². The minimum absolute atomic E-state index is 0.0423. The molecule has 0 bridgehead atoms. The molecule has 2 aliphatic rings. The summed E-state index contributed by atoms with van der Waals surface area (Å²) in [6.07, 6.45) is 4.80. The Bertz CT molecular complexity index is 1090. The van der Waals surface area contributed by atoms with E-state index in [1.807, 2.05) is 12.1 Å². The monoisotopic (exact) mass is 441 g/mol. The number of rotatable bonds is 4. The average molecular weight is 441 g/mol. The van der Waals surface area contributed by atoms with E-state index < -0.39 is 11.7 Å². The lowest BCUT2D eigenvalue weighted by Crippen LogP contribution is -2.33. The number of pyridine rings is 1. The maximum Gasteiger partial charge on any atom is 0.416 e. The van der Waals surface area contributed by atoms with Crippen molar-refractivity contribution < 1.29 is 22.8 Å². The van der Waals surface area contributed by atoms with Crippen LogP contribution in [0, 0.1) is 0 Å². The molecule has 0 saturated carbocycles. The van der Waals surface area contributed by atoms with Crippen molar-refractivity contribution in [2.24, 2.45) is 0 Å². The number of aryl methyl sites for hydroxylation is 1. The molecule has 5 nitrogen and oxygen atoms in total. The van der Waals surface area contributed by atoms with Crippen LogP contribution in [0.25, 0.3) is 6.08 Å². The van der Waals surface area contributed by atoms with Crippen LogP contribution >= 0.6 is 0 Å². The molecular weight excluding hydrogens is 419 g/mol. The van der Waals surface area contributed by atoms with Crippen molar-refractivity contribution in [1.82, 2.24) is 9.88 Å². The van der Waals surface area contributed by atoms with E-state index in [0.29, 0.717) is 44.6 Å². The van der Waals surface area contributed by atoms with Gasteiger partial charge < -0.3 is 10.2 Å². The van der Waals surface area contributed by atoms with Crippen LogP contribution in [0.1, 0.15) is 35.1 Å². The van der Waals surface area contributed by atoms with Crippen LogP contribution in [-0.4, -0.2) is 34.8 Å². The van der Waals surface area contributed by atoms with Crippen LogP contribution in [0.5, 0.6) is 0 Å². The van der Waals surface area contributed by atoms with Crippen molar-refractivity contribution in [3.63, 3.8) is 0 Å². The Morgan fingerprint density at radius 1 is 1.16 bits per heavy atom. The number of anilines is 1. The molecule has 0 fully saturated rings. The molecule has 166 valence electrons. The Hall–Kier alpha value is -3.42. The number of hydrogen-bond donors (Lipinski definition) is 1. The number of halogens is 3. The largest absolute Gasteiger partial charge is 0.416 e. The highest BCUT2D eigenvalue weighted by Gasteiger charge is 2.30. The SMILES string of the molecule is O=C1CCc2cc(/C=C/C(=O)N3CC=C(Cc4ccc(C(F)(F)F)cc4)CC3)cnc2N1. The number of carbonyl (C=O) groups is 2. The number of fused-ring (bicyclic) bond motifs is 1. The van der Waals surface area contributed by atoms with Gasteiger partial charge >= 0.3 is 6.18 Å². The predicted octanol–water partition coefficient (Wildman–Crippen LogP) is 4.40. The van der Waals surface area contributed by atoms with E-state index in [0.717, 1.165) is 34.4 Å². The Morgan fingerprint density at radius 2 is 1.94 bits per heavy atom. The van der Waals surface area contributed by atoms with Crippen LogP contribution in [0.15, 0.2) is 54.3 Å². The minimum Gasteiger partial charge on any atom is -0.335 e. The lowest BCUT2D eigenvalue weighted by Gasteiger charge is -2.25. The summed E-state index contributed by atoms with van der Waals surface area (Å²) in [5, 5.41) is 2.73. The van der Waals surface area contributed by atoms with Gasteiger partial charge in [0.05, 0.1) is 5.56 Å². The summed E-state index contributed by atoms with van der Waals surface area (Å²) in [4.78, 5) is 29.9. The van der Waals surface area contributed by atoms with Gasteiger partial charge in [0.15, 0.2) is 0 Å². The molecule has 0 radical (unpaired) electrons. The molecule has 1 N–H and O–H groups in total. The third-order valence-corrected chi connectivity index (χ3v) is 5.61. The highest BCUT2D eigenvalue weighted by Crippen LogP contribution is 2.29. The molecular formula is C24H22F3N3O2. The fraction of sp³-hybridized carbons (Fsp3) is 0.292. The van der Waals surface area contributed by atoms with Crippen LogP contribution < -0.4 is 5.32 Å². The van der Waals surface area contributed by atoms with Crippen LogP contribution in [-0.2, 0) is 28.6 Å². The number of nitrogens with zero attached hydrogens (tertiary/aromatic N) is 2. The Labute approximate surface area is 183 Å². The molecule has 0 spiro atoms. The third-order valence-electron chi connectivity index (χ3n) is 5.61. The molecule has 1 aromatic heterocycles. The van der Waals surface area contributed by atoms with E-state index >= 15 is 0 Å². The molecule has 3 heterocycles. The van der Waals surface area contributed by atoms with Gasteiger partial charge in [0.2, 0.25) is 11.8 Å². The summed E-state index contributed by atoms with van der Waals surface area (Å²) >= 11 is 0. The van der Waals surface area contributed by atoms with Crippen LogP contribution in [0.4, 0.5) is 19.0 Å². The zero-order valence-corrected chi connectivity index (χ0v) is 17.3. The van der Waals surface area contributed by atoms with Crippen LogP contribution in [0.2, 0.25) is 0 Å². The van der Waals surface area contributed by atoms with E-state index in [4.69, 9.17) is 0 Å². The summed E-state index contributed by atoms with van der Waals surface area (Å²) in [5.74, 6) is 0.423. The molecule has 4 rings (SSSR count). The summed E-state index contributed by atoms with van der Waals surface area (Å²) in [6.45, 7) is 1.03. The number of hydrogen-bond acceptors (Lipinski definition) is 3. The fourth-order valence-corrected chi connectivity index (χ4v) is 3.78. The van der Waals surface area contributed by atoms with E-state index in [9.17, 15) is 22.8 Å². The molecule has 32 heavy (non-hydrogen) atoms. The van der Waals surface area contributed by atoms with Crippen molar-refractivity contribution in [1.29, 1.82) is 0 Å². The first kappa shape index (κ1) is 21.8. The van der Waals surface area contributed by atoms with Gasteiger partial charge in [-0.3, -0.25) is 9.59 Å². The maximum atomic E-state index is 12.7. The molecule has 1 aromatic carbocycles. The molecule has 0 unspecified atom stereocenters. The number of benzene rings is 1. The maximum absolute atomic E-state index is 12.7. The van der Waals surface area contributed by atoms with Gasteiger partial charge in [-0.1, -0.05) is 23.8 Å². The molecule has 2 aromatic rings. The number of amides is 2. The first-order chi connectivity index (χ1) is 15.3. The fourth-order valence-electron chi connectivity index (χ4n) is 3.78. The summed E-state index contributed by atoms with van der Waals surface area (Å²) in [5.41, 5.74) is 3.02. The van der Waals surface area contributed by atoms with Crippen molar-refractivity contribution in [2.75, 3.05) is 18.4 Å². The standard InChI is InChI=1S/C24H22F3N3O2/c25-24(26,27)20-5-1-16(2-6-20)13-17-9-11-30(12-10-17)22(32)8-3-18-14-19-4-7-21(31)29-23(19)28-15-18/h1-3,5-6,8-9,14-15H,4,7,10-13H2,(H,28,29,31)/b8-3+. The van der Waals surface area contributed by atoms with Gasteiger partial charge in [-0.05, 0) is 60.2 Å². The second-order valence-corrected chi connectivity index (χ2v) is 7.93. The third kappa shape index (κ3) is 5.25. The van der Waals surface area contributed by atoms with Crippen molar-refractivity contribution in [3.05, 3.63) is 76.5 Å². The second kappa shape index (κ2) is 8.98. The second-order valence-electron chi connectivity index (χ2n) is 7.93. The Balaban J connectivity index is 1.32. The first-order valence-electron chi connectivity index (χ1n) is 10.4. The molecule has 0 saturated heterocycles. The molecule has 8 heteroatoms. The smallest absolute Gasteiger partial charge is 0.335 e. The number of nitrogens with one attached hydrogen (secondary N) is 1. The molecule has 0 atom stereocenters. The summed E-state index contributed by atoms with van der Waals surface area (Å²) in [7, 11) is 0. The van der Waals surface area contributed by atoms with Crippen LogP contribution in [0.3, 0.4) is 0 Å². The van der Waals surface area contributed by atoms with Gasteiger partial charge in [0, 0.05) is 31.8 Å². The number of aromatic nitrogens is 1. The van der Waals surface area contributed by atoms with Crippen molar-refractivity contribution >= 4 is 23.7 Å². The number of carbonyl (C=O) groups excluding carboxylic acids is 2. The van der Waals surface area contributed by atoms with Gasteiger partial charge in [0.1, 0.15) is 5.82 Å². The Kier molecular flexibility index (Phi) is 6.12. The van der Waals surface area contributed by atoms with E-state index in [2.05, 4.69) is 10.3 Å². The lowest BCUT2D eigenvalue weighted by atomic mass is 9.98. The minimum atomic E-state index is -4.33. The van der Waals surface area contributed by atoms with Crippen molar-refractivity contribution in [2.45, 2.75) is 31.9 Å². The zero-order chi connectivity index (χ0) is 22.7. The van der Waals surface area contributed by atoms with E-state index in [-0.39, 0.29) is 11.8 Å². The van der Waals surface area contributed by atoms with Crippen molar-refractivity contribution in [3.8, 4) is 0 Å². The Morgan fingerprint density at radius 3 is 2.62 bits per heavy atom. The van der Waals surface area contributed by atoms with Gasteiger partial charge in [-0.2, -0.15) is 13.2 Å². The summed E-state index contributed by atoms with van der Waals surface area (Å²) in [6, 6.07) is 7.12. The summed E-state index contributed by atoms with van der Waals surface area (Å²) < 4.78 is 38.1. The highest BCUT2D eigenvalue weighted by molar-refractivity contribution is 5.94. The first-order valence-corrected chi connectivity index (χ1v) is 10.4. The van der Waals surface area contributed by atoms with Gasteiger partial charge in [0.25, 0.3) is 0 Å². The number of alkyl halides is 3. The molecule has 0 aliphatic carbocycles. The zero-order valence-electron chi connectivity index (χ0n) is 17.3. The normalized spacial score (nSPS) is 16.5. The quantitative estimate of drug-likeness (QED) is 0.565. The molecule has 2 amide bonds. The highest BCUT2D eigenvalue weighted by atomic mass is 19.4.